The van der Waals surface area contributed by atoms with Crippen molar-refractivity contribution in [2.75, 3.05) is 11.9 Å². The third-order valence-corrected chi connectivity index (χ3v) is 6.60. The molecule has 2 aromatic rings. The quantitative estimate of drug-likeness (QED) is 0.393. The highest BCUT2D eigenvalue weighted by Crippen LogP contribution is 2.48. The number of benzene rings is 1. The number of fused-ring (bicyclic) bond motifs is 1. The SMILES string of the molecule is C[C@H](NC(=O)[C@@H]1C[C@H]2C[C@H]2N1C(=O)CNc1cnccc1C(=[NH2+])C(N)=O)c1cccc(Cl)c1F. The average molecular weight is 488 g/mol. The van der Waals surface area contributed by atoms with E-state index >= 15 is 0 Å². The number of carbonyl (C=O) groups excluding carboxylic acids is 3. The van der Waals surface area contributed by atoms with Gasteiger partial charge in [0, 0.05) is 17.8 Å². The molecule has 1 aromatic heterocycles. The van der Waals surface area contributed by atoms with E-state index in [9.17, 15) is 18.8 Å². The molecule has 0 bridgehead atoms. The van der Waals surface area contributed by atoms with Crippen LogP contribution in [0.1, 0.15) is 36.9 Å². The van der Waals surface area contributed by atoms with Gasteiger partial charge in [-0.1, -0.05) is 23.7 Å². The first-order chi connectivity index (χ1) is 16.2. The molecule has 9 nitrogen and oxygen atoms in total. The van der Waals surface area contributed by atoms with Crippen molar-refractivity contribution in [3.05, 3.63) is 58.6 Å². The minimum Gasteiger partial charge on any atom is -0.374 e. The van der Waals surface area contributed by atoms with Crippen molar-refractivity contribution in [1.82, 2.24) is 15.2 Å². The summed E-state index contributed by atoms with van der Waals surface area (Å²) in [7, 11) is 0. The summed E-state index contributed by atoms with van der Waals surface area (Å²) in [5, 5.41) is 11.5. The molecule has 6 N–H and O–H groups in total. The van der Waals surface area contributed by atoms with E-state index in [1.807, 2.05) is 0 Å². The monoisotopic (exact) mass is 487 g/mol. The molecule has 0 spiro atoms. The van der Waals surface area contributed by atoms with E-state index in [1.54, 1.807) is 24.0 Å². The van der Waals surface area contributed by atoms with E-state index < -0.39 is 23.8 Å². The first-order valence-corrected chi connectivity index (χ1v) is 11.2. The highest BCUT2D eigenvalue weighted by Gasteiger charge is 2.56. The van der Waals surface area contributed by atoms with Gasteiger partial charge in [0.05, 0.1) is 35.1 Å². The van der Waals surface area contributed by atoms with E-state index in [4.69, 9.17) is 22.7 Å². The van der Waals surface area contributed by atoms with Crippen molar-refractivity contribution in [3.63, 3.8) is 0 Å². The standard InChI is InChI=1S/C23H24ClFN6O3/c1-11(13-3-2-4-15(24)20(13)25)30-23(34)18-8-12-7-17(12)31(18)19(32)10-29-16-9-28-6-5-14(16)21(26)22(27)33/h2-6,9,11-12,17-18,26,29H,7-8,10H2,1H3,(H2,27,33)(H,30,34)/p+1/t11-,12+,17+,18-/m0/s1. The molecule has 0 unspecified atom stereocenters. The first-order valence-electron chi connectivity index (χ1n) is 10.8. The lowest BCUT2D eigenvalue weighted by Crippen LogP contribution is -2.50. The van der Waals surface area contributed by atoms with Crippen molar-refractivity contribution in [2.24, 2.45) is 11.7 Å². The van der Waals surface area contributed by atoms with Crippen LogP contribution in [-0.2, 0) is 14.4 Å². The highest BCUT2D eigenvalue weighted by atomic mass is 35.5. The molecular formula is C23H25ClFN6O3+. The number of piperidine rings is 1. The Morgan fingerprint density at radius 3 is 2.82 bits per heavy atom. The molecule has 1 aromatic carbocycles. The van der Waals surface area contributed by atoms with Crippen LogP contribution in [0.25, 0.3) is 0 Å². The van der Waals surface area contributed by atoms with Gasteiger partial charge in [0.25, 0.3) is 5.71 Å². The number of anilines is 1. The van der Waals surface area contributed by atoms with Gasteiger partial charge < -0.3 is 21.3 Å². The summed E-state index contributed by atoms with van der Waals surface area (Å²) in [6, 6.07) is 4.86. The molecule has 2 fully saturated rings. The van der Waals surface area contributed by atoms with Gasteiger partial charge in [-0.05, 0) is 37.8 Å². The minimum absolute atomic E-state index is 0.00103. The fourth-order valence-electron chi connectivity index (χ4n) is 4.46. The fraction of sp³-hybridized carbons (Fsp3) is 0.348. The van der Waals surface area contributed by atoms with Crippen LogP contribution >= 0.6 is 11.6 Å². The lowest BCUT2D eigenvalue weighted by molar-refractivity contribution is -0.138. The Bertz CT molecular complexity index is 1180. The number of primary amides is 1. The predicted molar refractivity (Wildman–Crippen MR) is 123 cm³/mol. The van der Waals surface area contributed by atoms with Crippen molar-refractivity contribution < 1.29 is 24.2 Å². The van der Waals surface area contributed by atoms with Gasteiger partial charge in [0.15, 0.2) is 0 Å². The molecule has 2 heterocycles. The van der Waals surface area contributed by atoms with E-state index in [-0.39, 0.29) is 46.6 Å². The number of pyridine rings is 1. The highest BCUT2D eigenvalue weighted by molar-refractivity contribution is 6.43. The molecule has 2 aliphatic rings. The zero-order chi connectivity index (χ0) is 24.6. The number of hydrogen-bond donors (Lipinski definition) is 4. The van der Waals surface area contributed by atoms with Crippen molar-refractivity contribution in [1.29, 1.82) is 0 Å². The fourth-order valence-corrected chi connectivity index (χ4v) is 4.64. The zero-order valence-corrected chi connectivity index (χ0v) is 19.2. The Balaban J connectivity index is 1.43. The summed E-state index contributed by atoms with van der Waals surface area (Å²) in [6.07, 6.45) is 4.29. The Morgan fingerprint density at radius 1 is 1.32 bits per heavy atom. The molecular weight excluding hydrogens is 463 g/mol. The third-order valence-electron chi connectivity index (χ3n) is 6.31. The van der Waals surface area contributed by atoms with Crippen LogP contribution in [0.15, 0.2) is 36.7 Å². The average Bonchev–Trinajstić information content (AvgIpc) is 3.47. The number of nitrogens with zero attached hydrogens (tertiary/aromatic N) is 2. The van der Waals surface area contributed by atoms with Gasteiger partial charge in [0.1, 0.15) is 11.9 Å². The molecule has 4 atom stereocenters. The van der Waals surface area contributed by atoms with Crippen molar-refractivity contribution in [2.45, 2.75) is 37.9 Å². The Labute approximate surface area is 200 Å². The molecule has 4 rings (SSSR count). The second-order valence-corrected chi connectivity index (χ2v) is 8.95. The maximum atomic E-state index is 14.4. The first kappa shape index (κ1) is 23.6. The van der Waals surface area contributed by atoms with Gasteiger partial charge in [-0.2, -0.15) is 0 Å². The maximum absolute atomic E-state index is 14.4. The van der Waals surface area contributed by atoms with Crippen LogP contribution in [0.2, 0.25) is 5.02 Å². The number of nitrogens with one attached hydrogen (secondary N) is 2. The number of aromatic nitrogens is 1. The number of nitrogens with two attached hydrogens (primary N) is 2. The number of rotatable bonds is 8. The molecule has 1 saturated carbocycles. The zero-order valence-electron chi connectivity index (χ0n) is 18.4. The van der Waals surface area contributed by atoms with Crippen LogP contribution in [0.4, 0.5) is 10.1 Å². The van der Waals surface area contributed by atoms with E-state index in [2.05, 4.69) is 15.6 Å². The van der Waals surface area contributed by atoms with E-state index in [1.165, 1.54) is 24.5 Å². The van der Waals surface area contributed by atoms with E-state index in [0.717, 1.165) is 6.42 Å². The summed E-state index contributed by atoms with van der Waals surface area (Å²) in [5.74, 6) is -1.73. The Kier molecular flexibility index (Phi) is 6.52. The molecule has 1 aliphatic heterocycles. The van der Waals surface area contributed by atoms with Crippen LogP contribution in [0.3, 0.4) is 0 Å². The normalized spacial score (nSPS) is 21.4. The largest absolute Gasteiger partial charge is 0.374 e. The van der Waals surface area contributed by atoms with Crippen LogP contribution in [0, 0.1) is 11.7 Å². The lowest BCUT2D eigenvalue weighted by atomic mass is 10.1. The Morgan fingerprint density at radius 2 is 2.09 bits per heavy atom. The Hall–Kier alpha value is -3.53. The second kappa shape index (κ2) is 9.38. The predicted octanol–water partition coefficient (Wildman–Crippen LogP) is 0.186. The number of likely N-dealkylation sites (tertiary alicyclic amines) is 1. The lowest BCUT2D eigenvalue weighted by Gasteiger charge is -2.28. The minimum atomic E-state index is -0.789. The van der Waals surface area contributed by atoms with Crippen LogP contribution < -0.4 is 21.8 Å². The molecule has 0 radical (unpaired) electrons. The summed E-state index contributed by atoms with van der Waals surface area (Å²) < 4.78 is 14.4. The smallest absolute Gasteiger partial charge is 0.313 e. The number of carbonyl (C=O) groups is 3. The summed E-state index contributed by atoms with van der Waals surface area (Å²) in [4.78, 5) is 43.2. The molecule has 34 heavy (non-hydrogen) atoms. The van der Waals surface area contributed by atoms with E-state index in [0.29, 0.717) is 17.7 Å². The number of halogens is 2. The van der Waals surface area contributed by atoms with Crippen LogP contribution in [0.5, 0.6) is 0 Å². The molecule has 1 saturated heterocycles. The summed E-state index contributed by atoms with van der Waals surface area (Å²) >= 11 is 5.86. The summed E-state index contributed by atoms with van der Waals surface area (Å²) in [5.41, 5.74) is 6.11. The van der Waals surface area contributed by atoms with Gasteiger partial charge >= 0.3 is 5.91 Å². The summed E-state index contributed by atoms with van der Waals surface area (Å²) in [6.45, 7) is 1.54. The third kappa shape index (κ3) is 4.58. The molecule has 11 heteroatoms. The van der Waals surface area contributed by atoms with Crippen LogP contribution in [-0.4, -0.2) is 51.9 Å². The van der Waals surface area contributed by atoms with Crippen molar-refractivity contribution in [3.8, 4) is 0 Å². The number of hydrogen-bond acceptors (Lipinski definition) is 5. The second-order valence-electron chi connectivity index (χ2n) is 8.54. The molecule has 1 aliphatic carbocycles. The van der Waals surface area contributed by atoms with Gasteiger partial charge in [0.2, 0.25) is 11.8 Å². The molecule has 3 amide bonds. The maximum Gasteiger partial charge on any atom is 0.313 e. The topological polar surface area (TPSA) is 143 Å². The number of amides is 3. The van der Waals surface area contributed by atoms with Gasteiger partial charge in [-0.25, -0.2) is 9.80 Å². The molecule has 178 valence electrons. The van der Waals surface area contributed by atoms with Crippen molar-refractivity contribution >= 4 is 40.7 Å². The van der Waals surface area contributed by atoms with Gasteiger partial charge in [-0.15, -0.1) is 0 Å². The van der Waals surface area contributed by atoms with Gasteiger partial charge in [-0.3, -0.25) is 19.4 Å².